The number of aromatic nitrogens is 5. The maximum atomic E-state index is 4.80. The average molecular weight is 363 g/mol. The third-order valence-electron chi connectivity index (χ3n) is 5.13. The highest BCUT2D eigenvalue weighted by atomic mass is 15.3. The summed E-state index contributed by atoms with van der Waals surface area (Å²) in [5.41, 5.74) is 4.20. The van der Waals surface area contributed by atoms with Crippen LogP contribution < -0.4 is 10.2 Å². The number of piperidine rings is 1. The standard InChI is InChI=1S/C20H25N7/c1-14-15(2)23-20(16-6-4-8-21-10-16)25-19(14)24-17-7-5-9-27(12-17)18-11-22-26(3)13-18/h4,6,8,10-11,13,17H,5,7,9,12H2,1-3H3,(H,23,24,25). The summed E-state index contributed by atoms with van der Waals surface area (Å²) in [5.74, 6) is 1.63. The van der Waals surface area contributed by atoms with Crippen molar-refractivity contribution < 1.29 is 0 Å². The smallest absolute Gasteiger partial charge is 0.163 e. The second kappa shape index (κ2) is 7.34. The number of hydrogen-bond donors (Lipinski definition) is 1. The van der Waals surface area contributed by atoms with Crippen LogP contribution in [0.4, 0.5) is 11.5 Å². The summed E-state index contributed by atoms with van der Waals surface area (Å²) in [4.78, 5) is 16.0. The van der Waals surface area contributed by atoms with E-state index in [2.05, 4.69) is 38.4 Å². The molecule has 0 amide bonds. The minimum atomic E-state index is 0.341. The van der Waals surface area contributed by atoms with E-state index in [9.17, 15) is 0 Å². The monoisotopic (exact) mass is 363 g/mol. The minimum Gasteiger partial charge on any atom is -0.367 e. The van der Waals surface area contributed by atoms with Gasteiger partial charge >= 0.3 is 0 Å². The van der Waals surface area contributed by atoms with Crippen LogP contribution >= 0.6 is 0 Å². The summed E-state index contributed by atoms with van der Waals surface area (Å²) in [5, 5.41) is 7.97. The normalized spacial score (nSPS) is 17.1. The van der Waals surface area contributed by atoms with Crippen LogP contribution in [0.25, 0.3) is 11.4 Å². The highest BCUT2D eigenvalue weighted by molar-refractivity contribution is 5.59. The highest BCUT2D eigenvalue weighted by Gasteiger charge is 2.22. The second-order valence-corrected chi connectivity index (χ2v) is 7.15. The SMILES string of the molecule is Cc1nc(-c2cccnc2)nc(NC2CCCN(c3cnn(C)c3)C2)c1C. The first-order chi connectivity index (χ1) is 13.1. The van der Waals surface area contributed by atoms with Gasteiger partial charge in [0.25, 0.3) is 0 Å². The van der Waals surface area contributed by atoms with Crippen molar-refractivity contribution in [3.05, 3.63) is 48.2 Å². The molecule has 7 nitrogen and oxygen atoms in total. The molecule has 140 valence electrons. The zero-order chi connectivity index (χ0) is 18.8. The first kappa shape index (κ1) is 17.5. The molecule has 1 aliphatic rings. The third kappa shape index (κ3) is 3.77. The number of nitrogens with one attached hydrogen (secondary N) is 1. The lowest BCUT2D eigenvalue weighted by Crippen LogP contribution is -2.42. The van der Waals surface area contributed by atoms with Gasteiger partial charge in [-0.2, -0.15) is 5.10 Å². The van der Waals surface area contributed by atoms with Crippen molar-refractivity contribution in [3.63, 3.8) is 0 Å². The quantitative estimate of drug-likeness (QED) is 0.768. The number of nitrogens with zero attached hydrogens (tertiary/aromatic N) is 6. The summed E-state index contributed by atoms with van der Waals surface area (Å²) in [6, 6.07) is 4.24. The van der Waals surface area contributed by atoms with Gasteiger partial charge in [-0.1, -0.05) is 0 Å². The van der Waals surface area contributed by atoms with E-state index in [0.29, 0.717) is 11.9 Å². The number of aryl methyl sites for hydroxylation is 2. The fourth-order valence-electron chi connectivity index (χ4n) is 3.49. The molecule has 0 aromatic carbocycles. The van der Waals surface area contributed by atoms with Gasteiger partial charge in [-0.15, -0.1) is 0 Å². The van der Waals surface area contributed by atoms with Gasteiger partial charge in [0.15, 0.2) is 5.82 Å². The first-order valence-electron chi connectivity index (χ1n) is 9.36. The Labute approximate surface area is 159 Å². The van der Waals surface area contributed by atoms with Crippen molar-refractivity contribution in [1.82, 2.24) is 24.7 Å². The highest BCUT2D eigenvalue weighted by Crippen LogP contribution is 2.25. The van der Waals surface area contributed by atoms with Crippen LogP contribution in [0, 0.1) is 13.8 Å². The van der Waals surface area contributed by atoms with Gasteiger partial charge in [0.05, 0.1) is 11.9 Å². The van der Waals surface area contributed by atoms with Crippen LogP contribution in [0.2, 0.25) is 0 Å². The van der Waals surface area contributed by atoms with Crippen LogP contribution in [0.1, 0.15) is 24.1 Å². The van der Waals surface area contributed by atoms with Crippen molar-refractivity contribution in [2.45, 2.75) is 32.7 Å². The summed E-state index contributed by atoms with van der Waals surface area (Å²) in [6.45, 7) is 6.11. The van der Waals surface area contributed by atoms with Crippen molar-refractivity contribution in [2.24, 2.45) is 7.05 Å². The molecule has 1 unspecified atom stereocenters. The molecule has 3 aromatic rings. The molecule has 0 bridgehead atoms. The number of pyridine rings is 1. The molecule has 0 aliphatic carbocycles. The van der Waals surface area contributed by atoms with Crippen LogP contribution in [0.15, 0.2) is 36.9 Å². The van der Waals surface area contributed by atoms with E-state index in [-0.39, 0.29) is 0 Å². The van der Waals surface area contributed by atoms with Gasteiger partial charge in [-0.05, 0) is 38.8 Å². The molecular weight excluding hydrogens is 338 g/mol. The van der Waals surface area contributed by atoms with E-state index in [1.54, 1.807) is 12.4 Å². The lowest BCUT2D eigenvalue weighted by Gasteiger charge is -2.34. The Morgan fingerprint density at radius 1 is 1.19 bits per heavy atom. The second-order valence-electron chi connectivity index (χ2n) is 7.15. The predicted molar refractivity (Wildman–Crippen MR) is 107 cm³/mol. The Morgan fingerprint density at radius 2 is 2.07 bits per heavy atom. The molecule has 4 rings (SSSR count). The van der Waals surface area contributed by atoms with Crippen molar-refractivity contribution >= 4 is 11.5 Å². The molecule has 0 spiro atoms. The number of hydrogen-bond acceptors (Lipinski definition) is 6. The zero-order valence-electron chi connectivity index (χ0n) is 16.1. The van der Waals surface area contributed by atoms with Gasteiger partial charge in [0.1, 0.15) is 5.82 Å². The van der Waals surface area contributed by atoms with E-state index in [4.69, 9.17) is 4.98 Å². The fourth-order valence-corrected chi connectivity index (χ4v) is 3.49. The predicted octanol–water partition coefficient (Wildman–Crippen LogP) is 2.97. The largest absolute Gasteiger partial charge is 0.367 e. The Balaban J connectivity index is 1.55. The number of rotatable bonds is 4. The number of anilines is 2. The van der Waals surface area contributed by atoms with Gasteiger partial charge in [-0.25, -0.2) is 9.97 Å². The van der Waals surface area contributed by atoms with Crippen LogP contribution in [0.5, 0.6) is 0 Å². The Bertz CT molecular complexity index is 919. The molecule has 4 heterocycles. The third-order valence-corrected chi connectivity index (χ3v) is 5.13. The lowest BCUT2D eigenvalue weighted by molar-refractivity contribution is 0.528. The van der Waals surface area contributed by atoms with Crippen molar-refractivity contribution in [2.75, 3.05) is 23.3 Å². The molecule has 0 radical (unpaired) electrons. The van der Waals surface area contributed by atoms with E-state index < -0.39 is 0 Å². The molecule has 3 aromatic heterocycles. The van der Waals surface area contributed by atoms with Crippen LogP contribution in [-0.4, -0.2) is 43.9 Å². The van der Waals surface area contributed by atoms with Gasteiger partial charge in [0.2, 0.25) is 0 Å². The maximum absolute atomic E-state index is 4.80. The molecule has 7 heteroatoms. The van der Waals surface area contributed by atoms with Crippen LogP contribution in [0.3, 0.4) is 0 Å². The van der Waals surface area contributed by atoms with Crippen LogP contribution in [-0.2, 0) is 7.05 Å². The molecule has 1 fully saturated rings. The summed E-state index contributed by atoms with van der Waals surface area (Å²) >= 11 is 0. The molecule has 1 saturated heterocycles. The van der Waals surface area contributed by atoms with E-state index in [0.717, 1.165) is 48.6 Å². The Kier molecular flexibility index (Phi) is 4.75. The van der Waals surface area contributed by atoms with Gasteiger partial charge < -0.3 is 10.2 Å². The first-order valence-corrected chi connectivity index (χ1v) is 9.36. The molecule has 0 saturated carbocycles. The molecule has 1 aliphatic heterocycles. The molecule has 1 N–H and O–H groups in total. The average Bonchev–Trinajstić information content (AvgIpc) is 3.13. The minimum absolute atomic E-state index is 0.341. The zero-order valence-corrected chi connectivity index (χ0v) is 16.1. The Morgan fingerprint density at radius 3 is 2.81 bits per heavy atom. The van der Waals surface area contributed by atoms with E-state index >= 15 is 0 Å². The van der Waals surface area contributed by atoms with Crippen molar-refractivity contribution in [1.29, 1.82) is 0 Å². The van der Waals surface area contributed by atoms with E-state index in [1.165, 1.54) is 5.69 Å². The summed E-state index contributed by atoms with van der Waals surface area (Å²) in [7, 11) is 1.95. The molecular formula is C20H25N7. The summed E-state index contributed by atoms with van der Waals surface area (Å²) < 4.78 is 1.85. The molecule has 27 heavy (non-hydrogen) atoms. The van der Waals surface area contributed by atoms with Crippen molar-refractivity contribution in [3.8, 4) is 11.4 Å². The van der Waals surface area contributed by atoms with Gasteiger partial charge in [-0.3, -0.25) is 9.67 Å². The lowest BCUT2D eigenvalue weighted by atomic mass is 10.0. The maximum Gasteiger partial charge on any atom is 0.163 e. The Hall–Kier alpha value is -2.96. The summed E-state index contributed by atoms with van der Waals surface area (Å²) in [6.07, 6.45) is 9.84. The topological polar surface area (TPSA) is 71.8 Å². The van der Waals surface area contributed by atoms with Gasteiger partial charge in [0, 0.05) is 61.6 Å². The molecule has 1 atom stereocenters. The fraction of sp³-hybridized carbons (Fsp3) is 0.400. The van der Waals surface area contributed by atoms with E-state index in [1.807, 2.05) is 37.0 Å².